The van der Waals surface area contributed by atoms with Gasteiger partial charge in [0.25, 0.3) is 0 Å². The van der Waals surface area contributed by atoms with Gasteiger partial charge in [-0.25, -0.2) is 0 Å². The predicted octanol–water partition coefficient (Wildman–Crippen LogP) is 0.963. The van der Waals surface area contributed by atoms with Crippen molar-refractivity contribution >= 4 is 29.7 Å². The fraction of sp³-hybridized carbons (Fsp3) is 0. The Kier molecular flexibility index (Phi) is 9.13. The summed E-state index contributed by atoms with van der Waals surface area (Å²) in [5.74, 6) is 0. The molecule has 0 amide bonds. The molecule has 0 atom stereocenters. The Labute approximate surface area is 52.1 Å². The van der Waals surface area contributed by atoms with Crippen LogP contribution in [-0.4, -0.2) is 4.45 Å². The third-order valence-electron chi connectivity index (χ3n) is 0. The Morgan fingerprint density at radius 1 is 1.40 bits per heavy atom. The SMILES string of the molecule is O=C(S)S.[Cr]. The van der Waals surface area contributed by atoms with E-state index < -0.39 is 4.45 Å². The zero-order chi connectivity index (χ0) is 3.58. The van der Waals surface area contributed by atoms with Gasteiger partial charge in [-0.05, 0) is 0 Å². The molecule has 0 radical (unpaired) electrons. The first-order valence-corrected chi connectivity index (χ1v) is 1.55. The molecule has 0 aliphatic rings. The van der Waals surface area contributed by atoms with Crippen LogP contribution in [0.3, 0.4) is 0 Å². The normalized spacial score (nSPS) is 5.20. The Morgan fingerprint density at radius 2 is 1.40 bits per heavy atom. The number of rotatable bonds is 0. The van der Waals surface area contributed by atoms with E-state index in [1.807, 2.05) is 0 Å². The van der Waals surface area contributed by atoms with Gasteiger partial charge in [0.15, 0.2) is 0 Å². The fourth-order valence-corrected chi connectivity index (χ4v) is 0. The van der Waals surface area contributed by atoms with Crippen LogP contribution < -0.4 is 0 Å². The molecule has 1 nitrogen and oxygen atoms in total. The zero-order valence-corrected chi connectivity index (χ0v) is 5.27. The van der Waals surface area contributed by atoms with Gasteiger partial charge in [0.05, 0.1) is 0 Å². The Morgan fingerprint density at radius 3 is 1.40 bits per heavy atom. The minimum absolute atomic E-state index is 0. The molecule has 0 bridgehead atoms. The molecule has 5 heavy (non-hydrogen) atoms. The summed E-state index contributed by atoms with van der Waals surface area (Å²) in [6, 6.07) is 0. The molecule has 0 saturated heterocycles. The number of carbonyl (C=O) groups excluding carboxylic acids is 1. The van der Waals surface area contributed by atoms with Crippen molar-refractivity contribution in [1.82, 2.24) is 0 Å². The largest absolute Gasteiger partial charge is 0.275 e. The minimum atomic E-state index is -0.444. The average molecular weight is 146 g/mol. The second-order valence-corrected chi connectivity index (χ2v) is 1.45. The van der Waals surface area contributed by atoms with Crippen LogP contribution >= 0.6 is 25.3 Å². The maximum absolute atomic E-state index is 9.17. The molecule has 0 aromatic carbocycles. The third-order valence-corrected chi connectivity index (χ3v) is 0. The van der Waals surface area contributed by atoms with Crippen LogP contribution in [-0.2, 0) is 17.4 Å². The minimum Gasteiger partial charge on any atom is -0.275 e. The second kappa shape index (κ2) is 4.90. The molecule has 0 aromatic rings. The summed E-state index contributed by atoms with van der Waals surface area (Å²) in [6.45, 7) is 0. The molecule has 4 heteroatoms. The van der Waals surface area contributed by atoms with Gasteiger partial charge in [0.1, 0.15) is 0 Å². The monoisotopic (exact) mass is 146 g/mol. The van der Waals surface area contributed by atoms with Crippen molar-refractivity contribution < 1.29 is 22.2 Å². The first kappa shape index (κ1) is 9.32. The molecule has 0 N–H and O–H groups in total. The molecule has 0 aliphatic carbocycles. The molecule has 0 rings (SSSR count). The van der Waals surface area contributed by atoms with Crippen LogP contribution in [0.15, 0.2) is 0 Å². The molecule has 0 unspecified atom stereocenters. The van der Waals surface area contributed by atoms with Gasteiger partial charge in [0, 0.05) is 17.4 Å². The fourth-order valence-electron chi connectivity index (χ4n) is 0. The average Bonchev–Trinajstić information content (AvgIpc) is 0.811. The second-order valence-electron chi connectivity index (χ2n) is 0.283. The molecule has 0 saturated carbocycles. The molecule has 0 fully saturated rings. The molecule has 0 spiro atoms. The van der Waals surface area contributed by atoms with E-state index in [9.17, 15) is 4.79 Å². The van der Waals surface area contributed by atoms with Crippen molar-refractivity contribution in [3.63, 3.8) is 0 Å². The smallest absolute Gasteiger partial charge is 0.239 e. The summed E-state index contributed by atoms with van der Waals surface area (Å²) in [4.78, 5) is 9.17. The summed E-state index contributed by atoms with van der Waals surface area (Å²) in [6.07, 6.45) is 0. The first-order chi connectivity index (χ1) is 1.73. The number of hydrogen-bond acceptors (Lipinski definition) is 1. The van der Waals surface area contributed by atoms with Gasteiger partial charge < -0.3 is 0 Å². The zero-order valence-electron chi connectivity index (χ0n) is 2.21. The van der Waals surface area contributed by atoms with Gasteiger partial charge in [-0.15, -0.1) is 0 Å². The Bertz CT molecular complexity index is 32.6. The summed E-state index contributed by atoms with van der Waals surface area (Å²) >= 11 is 6.38. The number of carbonyl (C=O) groups is 1. The van der Waals surface area contributed by atoms with E-state index in [-0.39, 0.29) is 17.4 Å². The summed E-state index contributed by atoms with van der Waals surface area (Å²) < 4.78 is -0.444. The maximum atomic E-state index is 9.17. The van der Waals surface area contributed by atoms with Crippen molar-refractivity contribution in [2.45, 2.75) is 0 Å². The maximum Gasteiger partial charge on any atom is 0.239 e. The quantitative estimate of drug-likeness (QED) is 0.487. The van der Waals surface area contributed by atoms with E-state index in [2.05, 4.69) is 25.3 Å². The summed E-state index contributed by atoms with van der Waals surface area (Å²) in [7, 11) is 0. The van der Waals surface area contributed by atoms with Crippen molar-refractivity contribution in [2.24, 2.45) is 0 Å². The molecule has 0 heterocycles. The summed E-state index contributed by atoms with van der Waals surface area (Å²) in [5.41, 5.74) is 0. The van der Waals surface area contributed by atoms with Gasteiger partial charge in [-0.2, -0.15) is 0 Å². The van der Waals surface area contributed by atoms with Crippen molar-refractivity contribution in [3.05, 3.63) is 0 Å². The Balaban J connectivity index is 0. The van der Waals surface area contributed by atoms with E-state index in [0.29, 0.717) is 0 Å². The first-order valence-electron chi connectivity index (χ1n) is 0.651. The predicted molar refractivity (Wildman–Crippen MR) is 23.4 cm³/mol. The van der Waals surface area contributed by atoms with Crippen LogP contribution in [0.5, 0.6) is 0 Å². The standard InChI is InChI=1S/CH2OS2.Cr/c2-1(3)4;/h(H2,2,3,4);. The van der Waals surface area contributed by atoms with E-state index >= 15 is 0 Å². The number of hydrogen-bond donors (Lipinski definition) is 2. The van der Waals surface area contributed by atoms with E-state index in [0.717, 1.165) is 0 Å². The third kappa shape index (κ3) is 50.7. The van der Waals surface area contributed by atoms with E-state index in [1.54, 1.807) is 0 Å². The van der Waals surface area contributed by atoms with Crippen LogP contribution in [0, 0.1) is 0 Å². The Hall–Kier alpha value is 0.902. The van der Waals surface area contributed by atoms with Crippen molar-refractivity contribution in [2.75, 3.05) is 0 Å². The van der Waals surface area contributed by atoms with Crippen molar-refractivity contribution in [3.8, 4) is 0 Å². The van der Waals surface area contributed by atoms with Crippen LogP contribution in [0.4, 0.5) is 4.79 Å². The molecular formula is CH2CrOS2. The van der Waals surface area contributed by atoms with E-state index in [4.69, 9.17) is 0 Å². The van der Waals surface area contributed by atoms with Gasteiger partial charge in [0.2, 0.25) is 4.45 Å². The van der Waals surface area contributed by atoms with Crippen LogP contribution in [0.1, 0.15) is 0 Å². The molecule has 30 valence electrons. The van der Waals surface area contributed by atoms with Crippen LogP contribution in [0.25, 0.3) is 0 Å². The summed E-state index contributed by atoms with van der Waals surface area (Å²) in [5, 5.41) is 0. The molecule has 0 aromatic heterocycles. The molecule has 0 aliphatic heterocycles. The van der Waals surface area contributed by atoms with Gasteiger partial charge in [-0.3, -0.25) is 4.79 Å². The van der Waals surface area contributed by atoms with Gasteiger partial charge >= 0.3 is 0 Å². The topological polar surface area (TPSA) is 17.1 Å². The van der Waals surface area contributed by atoms with E-state index in [1.165, 1.54) is 0 Å². The van der Waals surface area contributed by atoms with Crippen LogP contribution in [0.2, 0.25) is 0 Å². The number of thiol groups is 2. The van der Waals surface area contributed by atoms with Crippen molar-refractivity contribution in [1.29, 1.82) is 0 Å². The van der Waals surface area contributed by atoms with Gasteiger partial charge in [-0.1, -0.05) is 25.3 Å². The molecular weight excluding hydrogens is 144 g/mol.